The van der Waals surface area contributed by atoms with E-state index in [4.69, 9.17) is 27.9 Å². The van der Waals surface area contributed by atoms with Gasteiger partial charge in [0.25, 0.3) is 0 Å². The van der Waals surface area contributed by atoms with Gasteiger partial charge in [-0.2, -0.15) is 0 Å². The van der Waals surface area contributed by atoms with Crippen molar-refractivity contribution in [2.24, 2.45) is 0 Å². The van der Waals surface area contributed by atoms with Gasteiger partial charge in [-0.25, -0.2) is 0 Å². The van der Waals surface area contributed by atoms with Gasteiger partial charge in [-0.05, 0) is 51.1 Å². The Morgan fingerprint density at radius 1 is 1.20 bits per heavy atom. The van der Waals surface area contributed by atoms with Crippen molar-refractivity contribution in [1.82, 2.24) is 14.8 Å². The highest BCUT2D eigenvalue weighted by Gasteiger charge is 2.19. The number of ether oxygens (including phenoxy) is 1. The van der Waals surface area contributed by atoms with Crippen molar-refractivity contribution in [2.75, 3.05) is 11.1 Å². The molecule has 30 heavy (non-hydrogen) atoms. The van der Waals surface area contributed by atoms with E-state index in [9.17, 15) is 4.79 Å². The standard InChI is InChI=1S/C21H22Cl2N4O2S/c1-4-27-20(14(3)29-16-8-5-13(2)6-9-16)25-26-21(27)30-12-19(28)24-18-10-7-15(22)11-17(18)23/h5-11,14H,4,12H2,1-3H3,(H,24,28). The molecule has 0 radical (unpaired) electrons. The Labute approximate surface area is 189 Å². The fraction of sp³-hybridized carbons (Fsp3) is 0.286. The number of halogens is 2. The second kappa shape index (κ2) is 10.2. The number of aromatic nitrogens is 3. The summed E-state index contributed by atoms with van der Waals surface area (Å²) in [5, 5.41) is 12.9. The summed E-state index contributed by atoms with van der Waals surface area (Å²) in [4.78, 5) is 12.3. The van der Waals surface area contributed by atoms with Crippen LogP contribution in [0.1, 0.15) is 31.3 Å². The Bertz CT molecular complexity index is 1020. The van der Waals surface area contributed by atoms with E-state index in [1.807, 2.05) is 49.6 Å². The predicted octanol–water partition coefficient (Wildman–Crippen LogP) is 5.78. The molecule has 3 aromatic rings. The summed E-state index contributed by atoms with van der Waals surface area (Å²) in [6.07, 6.45) is -0.281. The van der Waals surface area contributed by atoms with Crippen molar-refractivity contribution in [2.45, 2.75) is 38.6 Å². The molecule has 0 aliphatic heterocycles. The van der Waals surface area contributed by atoms with E-state index in [2.05, 4.69) is 15.5 Å². The lowest BCUT2D eigenvalue weighted by Crippen LogP contribution is -2.15. The molecular weight excluding hydrogens is 443 g/mol. The van der Waals surface area contributed by atoms with Gasteiger partial charge in [0.2, 0.25) is 5.91 Å². The summed E-state index contributed by atoms with van der Waals surface area (Å²) in [6.45, 7) is 6.63. The number of hydrogen-bond donors (Lipinski definition) is 1. The van der Waals surface area contributed by atoms with Gasteiger partial charge < -0.3 is 14.6 Å². The van der Waals surface area contributed by atoms with Gasteiger partial charge in [-0.1, -0.05) is 52.7 Å². The molecule has 3 rings (SSSR count). The third-order valence-electron chi connectivity index (χ3n) is 4.30. The molecule has 1 atom stereocenters. The molecule has 0 aliphatic carbocycles. The fourth-order valence-electron chi connectivity index (χ4n) is 2.79. The first kappa shape index (κ1) is 22.5. The maximum atomic E-state index is 12.3. The van der Waals surface area contributed by atoms with Crippen molar-refractivity contribution in [3.8, 4) is 5.75 Å². The normalized spacial score (nSPS) is 11.9. The smallest absolute Gasteiger partial charge is 0.234 e. The fourth-order valence-corrected chi connectivity index (χ4v) is 4.05. The van der Waals surface area contributed by atoms with Crippen LogP contribution in [0.15, 0.2) is 47.6 Å². The number of hydrogen-bond acceptors (Lipinski definition) is 5. The molecule has 1 unspecified atom stereocenters. The molecule has 0 fully saturated rings. The van der Waals surface area contributed by atoms with E-state index in [-0.39, 0.29) is 17.8 Å². The van der Waals surface area contributed by atoms with Gasteiger partial charge in [0.05, 0.1) is 16.5 Å². The summed E-state index contributed by atoms with van der Waals surface area (Å²) in [7, 11) is 0. The number of nitrogens with zero attached hydrogens (tertiary/aromatic N) is 3. The summed E-state index contributed by atoms with van der Waals surface area (Å²) < 4.78 is 7.95. The highest BCUT2D eigenvalue weighted by molar-refractivity contribution is 7.99. The number of anilines is 1. The summed E-state index contributed by atoms with van der Waals surface area (Å²) in [6, 6.07) is 12.8. The molecular formula is C21H22Cl2N4O2S. The minimum atomic E-state index is -0.281. The first-order valence-corrected chi connectivity index (χ1v) is 11.2. The molecule has 9 heteroatoms. The molecule has 158 valence electrons. The third kappa shape index (κ3) is 5.68. The van der Waals surface area contributed by atoms with Crippen molar-refractivity contribution < 1.29 is 9.53 Å². The van der Waals surface area contributed by atoms with Crippen LogP contribution in [0.3, 0.4) is 0 Å². The molecule has 0 saturated carbocycles. The Morgan fingerprint density at radius 2 is 1.93 bits per heavy atom. The maximum absolute atomic E-state index is 12.3. The Morgan fingerprint density at radius 3 is 2.60 bits per heavy atom. The lowest BCUT2D eigenvalue weighted by atomic mass is 10.2. The molecule has 0 aliphatic rings. The molecule has 1 N–H and O–H groups in total. The van der Waals surface area contributed by atoms with Crippen LogP contribution in [-0.4, -0.2) is 26.4 Å². The zero-order valence-electron chi connectivity index (χ0n) is 16.9. The number of thioether (sulfide) groups is 1. The monoisotopic (exact) mass is 464 g/mol. The highest BCUT2D eigenvalue weighted by Crippen LogP contribution is 2.27. The Hall–Kier alpha value is -2.22. The molecule has 0 bridgehead atoms. The van der Waals surface area contributed by atoms with Crippen LogP contribution in [0.2, 0.25) is 10.0 Å². The summed E-state index contributed by atoms with van der Waals surface area (Å²) in [5.41, 5.74) is 1.69. The van der Waals surface area contributed by atoms with Gasteiger partial charge in [-0.15, -0.1) is 10.2 Å². The van der Waals surface area contributed by atoms with Crippen LogP contribution >= 0.6 is 35.0 Å². The average Bonchev–Trinajstić information content (AvgIpc) is 3.13. The molecule has 1 amide bonds. The number of amides is 1. The van der Waals surface area contributed by atoms with Crippen LogP contribution in [0.4, 0.5) is 5.69 Å². The number of benzene rings is 2. The van der Waals surface area contributed by atoms with E-state index in [1.54, 1.807) is 18.2 Å². The highest BCUT2D eigenvalue weighted by atomic mass is 35.5. The van der Waals surface area contributed by atoms with E-state index in [0.29, 0.717) is 33.3 Å². The molecule has 2 aromatic carbocycles. The largest absolute Gasteiger partial charge is 0.483 e. The topological polar surface area (TPSA) is 69.0 Å². The van der Waals surface area contributed by atoms with Crippen LogP contribution in [0.25, 0.3) is 0 Å². The van der Waals surface area contributed by atoms with E-state index < -0.39 is 0 Å². The van der Waals surface area contributed by atoms with Gasteiger partial charge in [0.1, 0.15) is 5.75 Å². The first-order valence-electron chi connectivity index (χ1n) is 9.41. The zero-order valence-corrected chi connectivity index (χ0v) is 19.2. The second-order valence-corrected chi connectivity index (χ2v) is 8.41. The predicted molar refractivity (Wildman–Crippen MR) is 122 cm³/mol. The number of nitrogens with one attached hydrogen (secondary N) is 1. The SMILES string of the molecule is CCn1c(SCC(=O)Nc2ccc(Cl)cc2Cl)nnc1C(C)Oc1ccc(C)cc1. The molecule has 6 nitrogen and oxygen atoms in total. The zero-order chi connectivity index (χ0) is 21.7. The second-order valence-electron chi connectivity index (χ2n) is 6.62. The van der Waals surface area contributed by atoms with Gasteiger partial charge in [-0.3, -0.25) is 4.79 Å². The first-order chi connectivity index (χ1) is 14.4. The molecule has 0 spiro atoms. The molecule has 1 aromatic heterocycles. The third-order valence-corrected chi connectivity index (χ3v) is 5.81. The van der Waals surface area contributed by atoms with E-state index >= 15 is 0 Å². The minimum Gasteiger partial charge on any atom is -0.483 e. The maximum Gasteiger partial charge on any atom is 0.234 e. The lowest BCUT2D eigenvalue weighted by molar-refractivity contribution is -0.113. The average molecular weight is 465 g/mol. The summed E-state index contributed by atoms with van der Waals surface area (Å²) in [5.74, 6) is 1.46. The van der Waals surface area contributed by atoms with Gasteiger partial charge >= 0.3 is 0 Å². The number of carbonyl (C=O) groups excluding carboxylic acids is 1. The molecule has 0 saturated heterocycles. The van der Waals surface area contributed by atoms with Crippen LogP contribution in [0.5, 0.6) is 5.75 Å². The Balaban J connectivity index is 1.63. The van der Waals surface area contributed by atoms with Crippen molar-refractivity contribution in [3.05, 3.63) is 63.9 Å². The van der Waals surface area contributed by atoms with Gasteiger partial charge in [0.15, 0.2) is 17.1 Å². The van der Waals surface area contributed by atoms with Gasteiger partial charge in [0, 0.05) is 11.6 Å². The van der Waals surface area contributed by atoms with Crippen LogP contribution in [-0.2, 0) is 11.3 Å². The Kier molecular flexibility index (Phi) is 7.64. The lowest BCUT2D eigenvalue weighted by Gasteiger charge is -2.15. The number of aryl methyl sites for hydroxylation is 1. The van der Waals surface area contributed by atoms with Crippen molar-refractivity contribution >= 4 is 46.6 Å². The van der Waals surface area contributed by atoms with Crippen LogP contribution in [0, 0.1) is 6.92 Å². The number of rotatable bonds is 8. The number of carbonyl (C=O) groups is 1. The van der Waals surface area contributed by atoms with Crippen molar-refractivity contribution in [1.29, 1.82) is 0 Å². The summed E-state index contributed by atoms with van der Waals surface area (Å²) >= 11 is 13.3. The van der Waals surface area contributed by atoms with E-state index in [0.717, 1.165) is 5.75 Å². The van der Waals surface area contributed by atoms with Crippen LogP contribution < -0.4 is 10.1 Å². The molecule has 1 heterocycles. The van der Waals surface area contributed by atoms with Crippen molar-refractivity contribution in [3.63, 3.8) is 0 Å². The van der Waals surface area contributed by atoms with E-state index in [1.165, 1.54) is 17.3 Å². The quantitative estimate of drug-likeness (QED) is 0.427. The minimum absolute atomic E-state index is 0.171.